The van der Waals surface area contributed by atoms with Crippen LogP contribution in [0.15, 0.2) is 30.4 Å². The van der Waals surface area contributed by atoms with Gasteiger partial charge in [0.1, 0.15) is 0 Å². The second-order valence-corrected chi connectivity index (χ2v) is 7.79. The second-order valence-electron chi connectivity index (χ2n) is 7.79. The molecule has 1 nitrogen and oxygen atoms in total. The summed E-state index contributed by atoms with van der Waals surface area (Å²) in [6.07, 6.45) is 5.38. The number of allylic oxidation sites excluding steroid dienone is 3. The number of rotatable bonds is 2. The minimum Gasteiger partial charge on any atom is -0.392 e. The van der Waals surface area contributed by atoms with E-state index in [1.807, 2.05) is 6.08 Å². The van der Waals surface area contributed by atoms with E-state index in [-0.39, 0.29) is 17.4 Å². The van der Waals surface area contributed by atoms with Gasteiger partial charge in [0, 0.05) is 0 Å². The fourth-order valence-electron chi connectivity index (χ4n) is 3.14. The van der Waals surface area contributed by atoms with Gasteiger partial charge in [-0.2, -0.15) is 0 Å². The Morgan fingerprint density at radius 2 is 1.95 bits per heavy atom. The summed E-state index contributed by atoms with van der Waals surface area (Å²) in [4.78, 5) is 0. The summed E-state index contributed by atoms with van der Waals surface area (Å²) in [6, 6.07) is 6.76. The third kappa shape index (κ3) is 3.13. The molecule has 1 aliphatic carbocycles. The van der Waals surface area contributed by atoms with Crippen LogP contribution in [-0.4, -0.2) is 11.7 Å². The third-order valence-electron chi connectivity index (χ3n) is 4.52. The Morgan fingerprint density at radius 3 is 2.52 bits per heavy atom. The number of aliphatic hydroxyl groups excluding tert-OH is 1. The van der Waals surface area contributed by atoms with Crippen molar-refractivity contribution in [2.24, 2.45) is 5.41 Å². The molecular weight excluding hydrogens is 256 g/mol. The molecule has 0 aliphatic heterocycles. The van der Waals surface area contributed by atoms with Crippen molar-refractivity contribution in [3.8, 4) is 0 Å². The molecule has 0 atom stereocenters. The molecule has 2 rings (SSSR count). The van der Waals surface area contributed by atoms with Gasteiger partial charge in [0.05, 0.1) is 6.61 Å². The van der Waals surface area contributed by atoms with E-state index in [0.717, 1.165) is 12.0 Å². The highest BCUT2D eigenvalue weighted by Gasteiger charge is 2.32. The molecule has 0 aromatic heterocycles. The lowest BCUT2D eigenvalue weighted by molar-refractivity contribution is 0.343. The van der Waals surface area contributed by atoms with E-state index < -0.39 is 0 Å². The van der Waals surface area contributed by atoms with E-state index in [4.69, 9.17) is 5.11 Å². The van der Waals surface area contributed by atoms with Gasteiger partial charge in [-0.15, -0.1) is 0 Å². The summed E-state index contributed by atoms with van der Waals surface area (Å²) < 4.78 is 0. The van der Waals surface area contributed by atoms with Crippen LogP contribution >= 0.6 is 0 Å². The standard InChI is InChI=1S/C20H28O/c1-14(10-12-21)15-7-8-18-16(13-15)17(19(2,3)4)9-11-20(18,5)6/h7-10,13,21H,11-12H2,1-6H3/b14-10-. The van der Waals surface area contributed by atoms with Crippen molar-refractivity contribution >= 4 is 11.1 Å². The Bertz CT molecular complexity index is 595. The average molecular weight is 284 g/mol. The number of benzene rings is 1. The Hall–Kier alpha value is -1.34. The molecule has 1 heteroatoms. The van der Waals surface area contributed by atoms with E-state index in [2.05, 4.69) is 65.8 Å². The van der Waals surface area contributed by atoms with Crippen LogP contribution in [0.25, 0.3) is 11.1 Å². The van der Waals surface area contributed by atoms with Crippen molar-refractivity contribution in [2.45, 2.75) is 53.4 Å². The topological polar surface area (TPSA) is 20.2 Å². The number of aliphatic hydroxyl groups is 1. The molecule has 0 radical (unpaired) electrons. The molecule has 0 saturated carbocycles. The van der Waals surface area contributed by atoms with Crippen molar-refractivity contribution in [1.29, 1.82) is 0 Å². The van der Waals surface area contributed by atoms with E-state index in [0.29, 0.717) is 0 Å². The molecule has 114 valence electrons. The molecule has 1 aliphatic rings. The van der Waals surface area contributed by atoms with Gasteiger partial charge >= 0.3 is 0 Å². The van der Waals surface area contributed by atoms with E-state index in [1.54, 1.807) is 0 Å². The molecule has 0 unspecified atom stereocenters. The highest BCUT2D eigenvalue weighted by atomic mass is 16.2. The molecule has 1 N–H and O–H groups in total. The van der Waals surface area contributed by atoms with Gasteiger partial charge in [0.25, 0.3) is 0 Å². The van der Waals surface area contributed by atoms with Gasteiger partial charge in [-0.25, -0.2) is 0 Å². The monoisotopic (exact) mass is 284 g/mol. The lowest BCUT2D eigenvalue weighted by Gasteiger charge is -2.37. The van der Waals surface area contributed by atoms with Crippen molar-refractivity contribution < 1.29 is 5.11 Å². The first-order valence-electron chi connectivity index (χ1n) is 7.80. The Labute approximate surface area is 129 Å². The number of hydrogen-bond donors (Lipinski definition) is 1. The van der Waals surface area contributed by atoms with Crippen molar-refractivity contribution in [1.82, 2.24) is 0 Å². The predicted octanol–water partition coefficient (Wildman–Crippen LogP) is 5.19. The van der Waals surface area contributed by atoms with Gasteiger partial charge in [-0.1, -0.05) is 58.9 Å². The minimum atomic E-state index is 0.0936. The SMILES string of the molecule is C/C(=C/CO)c1ccc2c(c1)C(C(C)(C)C)=CCC2(C)C. The van der Waals surface area contributed by atoms with E-state index in [9.17, 15) is 0 Å². The van der Waals surface area contributed by atoms with Crippen molar-refractivity contribution in [3.63, 3.8) is 0 Å². The largest absolute Gasteiger partial charge is 0.392 e. The molecule has 1 aromatic carbocycles. The zero-order chi connectivity index (χ0) is 15.8. The fraction of sp³-hybridized carbons (Fsp3) is 0.500. The number of hydrogen-bond acceptors (Lipinski definition) is 1. The maximum absolute atomic E-state index is 9.11. The molecule has 0 fully saturated rings. The van der Waals surface area contributed by atoms with Gasteiger partial charge in [0.2, 0.25) is 0 Å². The first kappa shape index (κ1) is 16.0. The fourth-order valence-corrected chi connectivity index (χ4v) is 3.14. The van der Waals surface area contributed by atoms with Crippen LogP contribution in [0.1, 0.15) is 64.7 Å². The smallest absolute Gasteiger partial charge is 0.0618 e. The Morgan fingerprint density at radius 1 is 1.29 bits per heavy atom. The maximum Gasteiger partial charge on any atom is 0.0618 e. The van der Waals surface area contributed by atoms with Gasteiger partial charge in [-0.05, 0) is 58.1 Å². The molecular formula is C20H28O. The lowest BCUT2D eigenvalue weighted by atomic mass is 9.68. The van der Waals surface area contributed by atoms with Crippen LogP contribution < -0.4 is 0 Å². The summed E-state index contributed by atoms with van der Waals surface area (Å²) >= 11 is 0. The Balaban J connectivity index is 2.62. The summed E-state index contributed by atoms with van der Waals surface area (Å²) in [6.45, 7) is 13.6. The summed E-state index contributed by atoms with van der Waals surface area (Å²) in [5.74, 6) is 0. The van der Waals surface area contributed by atoms with Crippen molar-refractivity contribution in [3.05, 3.63) is 47.0 Å². The van der Waals surface area contributed by atoms with Crippen LogP contribution in [0, 0.1) is 5.41 Å². The third-order valence-corrected chi connectivity index (χ3v) is 4.52. The average Bonchev–Trinajstić information content (AvgIpc) is 2.36. The minimum absolute atomic E-state index is 0.0936. The van der Waals surface area contributed by atoms with Gasteiger partial charge in [-0.3, -0.25) is 0 Å². The van der Waals surface area contributed by atoms with Crippen LogP contribution in [0.3, 0.4) is 0 Å². The highest BCUT2D eigenvalue weighted by molar-refractivity contribution is 5.78. The van der Waals surface area contributed by atoms with Gasteiger partial charge < -0.3 is 5.11 Å². The Kier molecular flexibility index (Phi) is 4.17. The summed E-state index contributed by atoms with van der Waals surface area (Å²) in [5.41, 5.74) is 6.94. The van der Waals surface area contributed by atoms with Gasteiger partial charge in [0.15, 0.2) is 0 Å². The zero-order valence-corrected chi connectivity index (χ0v) is 14.2. The predicted molar refractivity (Wildman–Crippen MR) is 92.3 cm³/mol. The first-order chi connectivity index (χ1) is 9.66. The van der Waals surface area contributed by atoms with E-state index in [1.165, 1.54) is 22.3 Å². The molecule has 0 amide bonds. The normalized spacial score (nSPS) is 18.2. The van der Waals surface area contributed by atoms with Crippen LogP contribution in [0.5, 0.6) is 0 Å². The summed E-state index contributed by atoms with van der Waals surface area (Å²) in [5, 5.41) is 9.11. The quantitative estimate of drug-likeness (QED) is 0.792. The van der Waals surface area contributed by atoms with Crippen molar-refractivity contribution in [2.75, 3.05) is 6.61 Å². The summed E-state index contributed by atoms with van der Waals surface area (Å²) in [7, 11) is 0. The van der Waals surface area contributed by atoms with Crippen LogP contribution in [-0.2, 0) is 5.41 Å². The zero-order valence-electron chi connectivity index (χ0n) is 14.2. The molecule has 1 aromatic rings. The second kappa shape index (κ2) is 5.46. The van der Waals surface area contributed by atoms with Crippen LogP contribution in [0.4, 0.5) is 0 Å². The van der Waals surface area contributed by atoms with E-state index >= 15 is 0 Å². The first-order valence-corrected chi connectivity index (χ1v) is 7.80. The molecule has 0 spiro atoms. The van der Waals surface area contributed by atoms with Crippen LogP contribution in [0.2, 0.25) is 0 Å². The highest BCUT2D eigenvalue weighted by Crippen LogP contribution is 2.46. The molecule has 0 bridgehead atoms. The number of fused-ring (bicyclic) bond motifs is 1. The maximum atomic E-state index is 9.11. The molecule has 0 heterocycles. The molecule has 0 saturated heterocycles. The molecule has 21 heavy (non-hydrogen) atoms. The lowest BCUT2D eigenvalue weighted by Crippen LogP contribution is -2.25.